The molecule has 32 heavy (non-hydrogen) atoms. The smallest absolute Gasteiger partial charge is 0.139 e. The van der Waals surface area contributed by atoms with Crippen molar-refractivity contribution in [1.29, 1.82) is 0 Å². The highest BCUT2D eigenvalue weighted by Crippen LogP contribution is 2.34. The Morgan fingerprint density at radius 1 is 0.469 bits per heavy atom. The lowest BCUT2D eigenvalue weighted by molar-refractivity contribution is 0.628. The van der Waals surface area contributed by atoms with Crippen molar-refractivity contribution in [1.82, 2.24) is 9.97 Å². The van der Waals surface area contributed by atoms with E-state index in [2.05, 4.69) is 0 Å². The monoisotopic (exact) mass is 417 g/mol. The van der Waals surface area contributed by atoms with Crippen molar-refractivity contribution in [2.75, 3.05) is 4.90 Å². The molecule has 0 saturated heterocycles. The van der Waals surface area contributed by atoms with Gasteiger partial charge in [-0.2, -0.15) is 0 Å². The van der Waals surface area contributed by atoms with Gasteiger partial charge in [-0.1, -0.05) is 72.8 Å². The first-order valence-electron chi connectivity index (χ1n) is 10.4. The highest BCUT2D eigenvalue weighted by molar-refractivity contribution is 5.75. The summed E-state index contributed by atoms with van der Waals surface area (Å²) in [6.45, 7) is 0. The fraction of sp³-hybridized carbons (Fsp3) is 0. The van der Waals surface area contributed by atoms with Crippen LogP contribution in [0.5, 0.6) is 0 Å². The van der Waals surface area contributed by atoms with E-state index in [1.54, 1.807) is 12.1 Å². The summed E-state index contributed by atoms with van der Waals surface area (Å²) in [6.07, 6.45) is 0. The maximum Gasteiger partial charge on any atom is 0.139 e. The standard InChI is InChI=1S/C28H20FN3/c29-23-17-19-24(20-18-23)32(27-15-7-13-25(30-27)21-9-3-1-4-10-21)28-16-8-14-26(31-28)22-11-5-2-6-12-22/h1-20H. The molecule has 0 fully saturated rings. The van der Waals surface area contributed by atoms with Gasteiger partial charge in [0.05, 0.1) is 11.4 Å². The molecule has 0 spiro atoms. The molecule has 0 unspecified atom stereocenters. The van der Waals surface area contributed by atoms with Crippen LogP contribution in [0.25, 0.3) is 22.5 Å². The van der Waals surface area contributed by atoms with Crippen LogP contribution in [0.2, 0.25) is 0 Å². The Hall–Kier alpha value is -4.31. The Labute approximate surface area is 186 Å². The molecule has 0 radical (unpaired) electrons. The number of aromatic nitrogens is 2. The lowest BCUT2D eigenvalue weighted by atomic mass is 10.1. The number of pyridine rings is 2. The molecule has 3 aromatic carbocycles. The molecule has 0 saturated carbocycles. The number of halogens is 1. The molecule has 0 bridgehead atoms. The van der Waals surface area contributed by atoms with Crippen LogP contribution >= 0.6 is 0 Å². The molecule has 0 aliphatic carbocycles. The van der Waals surface area contributed by atoms with Gasteiger partial charge in [-0.25, -0.2) is 14.4 Å². The highest BCUT2D eigenvalue weighted by atomic mass is 19.1. The maximum atomic E-state index is 13.7. The van der Waals surface area contributed by atoms with Crippen LogP contribution < -0.4 is 4.90 Å². The second-order valence-electron chi connectivity index (χ2n) is 7.31. The lowest BCUT2D eigenvalue weighted by Gasteiger charge is -2.24. The molecule has 3 nitrogen and oxygen atoms in total. The predicted octanol–water partition coefficient (Wildman–Crippen LogP) is 7.42. The maximum absolute atomic E-state index is 13.7. The van der Waals surface area contributed by atoms with Gasteiger partial charge in [-0.15, -0.1) is 0 Å². The van der Waals surface area contributed by atoms with Crippen molar-refractivity contribution < 1.29 is 4.39 Å². The molecular weight excluding hydrogens is 397 g/mol. The van der Waals surface area contributed by atoms with E-state index < -0.39 is 0 Å². The summed E-state index contributed by atoms with van der Waals surface area (Å²) in [4.78, 5) is 11.8. The van der Waals surface area contributed by atoms with E-state index in [1.807, 2.05) is 102 Å². The Morgan fingerprint density at radius 2 is 0.938 bits per heavy atom. The first kappa shape index (κ1) is 19.6. The van der Waals surface area contributed by atoms with Crippen molar-refractivity contribution in [3.05, 3.63) is 127 Å². The van der Waals surface area contributed by atoms with Crippen LogP contribution in [0.15, 0.2) is 121 Å². The van der Waals surface area contributed by atoms with Crippen LogP contribution in [0, 0.1) is 5.82 Å². The molecule has 2 heterocycles. The van der Waals surface area contributed by atoms with Gasteiger partial charge in [0.2, 0.25) is 0 Å². The number of benzene rings is 3. The van der Waals surface area contributed by atoms with Gasteiger partial charge >= 0.3 is 0 Å². The molecule has 0 aliphatic heterocycles. The molecule has 0 atom stereocenters. The number of nitrogens with zero attached hydrogens (tertiary/aromatic N) is 3. The minimum Gasteiger partial charge on any atom is -0.279 e. The van der Waals surface area contributed by atoms with E-state index in [9.17, 15) is 4.39 Å². The van der Waals surface area contributed by atoms with Gasteiger partial charge in [-0.3, -0.25) is 4.90 Å². The molecule has 5 rings (SSSR count). The number of hydrogen-bond donors (Lipinski definition) is 0. The van der Waals surface area contributed by atoms with Crippen molar-refractivity contribution in [3.63, 3.8) is 0 Å². The van der Waals surface area contributed by atoms with Gasteiger partial charge < -0.3 is 0 Å². The van der Waals surface area contributed by atoms with E-state index >= 15 is 0 Å². The SMILES string of the molecule is Fc1ccc(N(c2cccc(-c3ccccc3)n2)c2cccc(-c3ccccc3)n2)cc1. The fourth-order valence-electron chi connectivity index (χ4n) is 3.61. The molecule has 0 amide bonds. The van der Waals surface area contributed by atoms with Gasteiger partial charge in [0, 0.05) is 16.8 Å². The highest BCUT2D eigenvalue weighted by Gasteiger charge is 2.17. The second-order valence-corrected chi connectivity index (χ2v) is 7.31. The zero-order valence-corrected chi connectivity index (χ0v) is 17.3. The topological polar surface area (TPSA) is 29.0 Å². The van der Waals surface area contributed by atoms with Crippen LogP contribution in [-0.4, -0.2) is 9.97 Å². The molecule has 2 aromatic heterocycles. The lowest BCUT2D eigenvalue weighted by Crippen LogP contribution is -2.13. The van der Waals surface area contributed by atoms with Crippen LogP contribution in [0.1, 0.15) is 0 Å². The average Bonchev–Trinajstić information content (AvgIpc) is 2.87. The summed E-state index contributed by atoms with van der Waals surface area (Å²) in [7, 11) is 0. The summed E-state index contributed by atoms with van der Waals surface area (Å²) in [6, 6.07) is 38.2. The summed E-state index contributed by atoms with van der Waals surface area (Å²) >= 11 is 0. The van der Waals surface area contributed by atoms with Gasteiger partial charge in [-0.05, 0) is 48.5 Å². The third-order valence-electron chi connectivity index (χ3n) is 5.15. The van der Waals surface area contributed by atoms with Crippen molar-refractivity contribution in [3.8, 4) is 22.5 Å². The van der Waals surface area contributed by atoms with E-state index in [0.717, 1.165) is 28.2 Å². The van der Waals surface area contributed by atoms with Crippen molar-refractivity contribution in [2.24, 2.45) is 0 Å². The Morgan fingerprint density at radius 3 is 1.41 bits per heavy atom. The molecule has 5 aromatic rings. The van der Waals surface area contributed by atoms with E-state index in [1.165, 1.54) is 12.1 Å². The predicted molar refractivity (Wildman–Crippen MR) is 128 cm³/mol. The Balaban J connectivity index is 1.64. The zero-order chi connectivity index (χ0) is 21.8. The second kappa shape index (κ2) is 8.82. The first-order chi connectivity index (χ1) is 15.8. The molecule has 154 valence electrons. The quantitative estimate of drug-likeness (QED) is 0.298. The Kier molecular flexibility index (Phi) is 5.41. The van der Waals surface area contributed by atoms with Gasteiger partial charge in [0.15, 0.2) is 0 Å². The largest absolute Gasteiger partial charge is 0.279 e. The van der Waals surface area contributed by atoms with Crippen LogP contribution in [0.3, 0.4) is 0 Å². The van der Waals surface area contributed by atoms with E-state index in [-0.39, 0.29) is 5.82 Å². The normalized spacial score (nSPS) is 10.7. The minimum absolute atomic E-state index is 0.286. The van der Waals surface area contributed by atoms with Crippen molar-refractivity contribution in [2.45, 2.75) is 0 Å². The number of rotatable bonds is 5. The summed E-state index contributed by atoms with van der Waals surface area (Å²) in [5.41, 5.74) is 4.55. The molecule has 0 aliphatic rings. The summed E-state index contributed by atoms with van der Waals surface area (Å²) < 4.78 is 13.7. The van der Waals surface area contributed by atoms with Crippen LogP contribution in [0.4, 0.5) is 21.7 Å². The summed E-state index contributed by atoms with van der Waals surface area (Å²) in [5, 5.41) is 0. The number of hydrogen-bond acceptors (Lipinski definition) is 3. The third kappa shape index (κ3) is 4.12. The average molecular weight is 417 g/mol. The molecule has 0 N–H and O–H groups in total. The molecule has 4 heteroatoms. The van der Waals surface area contributed by atoms with Crippen LogP contribution in [-0.2, 0) is 0 Å². The fourth-order valence-corrected chi connectivity index (χ4v) is 3.61. The number of anilines is 3. The summed E-state index contributed by atoms with van der Waals surface area (Å²) in [5.74, 6) is 1.12. The van der Waals surface area contributed by atoms with E-state index in [4.69, 9.17) is 9.97 Å². The minimum atomic E-state index is -0.286. The van der Waals surface area contributed by atoms with Gasteiger partial charge in [0.25, 0.3) is 0 Å². The Bertz CT molecular complexity index is 1240. The third-order valence-corrected chi connectivity index (χ3v) is 5.15. The zero-order valence-electron chi connectivity index (χ0n) is 17.3. The molecular formula is C28H20FN3. The van der Waals surface area contributed by atoms with Gasteiger partial charge in [0.1, 0.15) is 17.5 Å². The first-order valence-corrected chi connectivity index (χ1v) is 10.4. The van der Waals surface area contributed by atoms with E-state index in [0.29, 0.717) is 11.6 Å². The van der Waals surface area contributed by atoms with Crippen molar-refractivity contribution >= 4 is 17.3 Å².